The molecular formula is C19H20N2. The third kappa shape index (κ3) is 2.49. The maximum absolute atomic E-state index is 4.73. The van der Waals surface area contributed by atoms with Gasteiger partial charge in [0.25, 0.3) is 0 Å². The summed E-state index contributed by atoms with van der Waals surface area (Å²) in [5, 5.41) is 4.78. The average Bonchev–Trinajstić information content (AvgIpc) is 2.43. The first-order valence-electron chi connectivity index (χ1n) is 7.26. The highest BCUT2D eigenvalue weighted by molar-refractivity contribution is 5.94. The van der Waals surface area contributed by atoms with E-state index in [0.717, 1.165) is 16.9 Å². The van der Waals surface area contributed by atoms with Gasteiger partial charge in [0, 0.05) is 16.8 Å². The third-order valence-electron chi connectivity index (χ3n) is 3.92. The summed E-state index contributed by atoms with van der Waals surface area (Å²) in [5.74, 6) is 0. The molecule has 0 amide bonds. The van der Waals surface area contributed by atoms with Crippen LogP contribution in [-0.2, 0) is 0 Å². The van der Waals surface area contributed by atoms with Crippen molar-refractivity contribution in [2.75, 3.05) is 5.32 Å². The van der Waals surface area contributed by atoms with Crippen LogP contribution in [0, 0.1) is 27.7 Å². The first-order valence-corrected chi connectivity index (χ1v) is 7.26. The number of nitrogens with one attached hydrogen (secondary N) is 1. The zero-order valence-electron chi connectivity index (χ0n) is 13.0. The summed E-state index contributed by atoms with van der Waals surface area (Å²) in [5.41, 5.74) is 8.09. The Morgan fingerprint density at radius 3 is 2.19 bits per heavy atom. The Bertz CT molecular complexity index is 799. The molecule has 3 aromatic rings. The molecule has 106 valence electrons. The zero-order chi connectivity index (χ0) is 15.0. The fourth-order valence-corrected chi connectivity index (χ4v) is 2.83. The van der Waals surface area contributed by atoms with E-state index in [4.69, 9.17) is 4.98 Å². The molecule has 21 heavy (non-hydrogen) atoms. The fourth-order valence-electron chi connectivity index (χ4n) is 2.83. The summed E-state index contributed by atoms with van der Waals surface area (Å²) in [7, 11) is 0. The second-order valence-corrected chi connectivity index (χ2v) is 5.67. The molecule has 1 heterocycles. The van der Waals surface area contributed by atoms with Crippen LogP contribution >= 0.6 is 0 Å². The van der Waals surface area contributed by atoms with Crippen molar-refractivity contribution in [3.05, 3.63) is 64.8 Å². The average molecular weight is 276 g/mol. The van der Waals surface area contributed by atoms with Crippen molar-refractivity contribution in [3.63, 3.8) is 0 Å². The molecule has 0 aliphatic carbocycles. The third-order valence-corrected chi connectivity index (χ3v) is 3.92. The molecule has 0 saturated heterocycles. The molecule has 0 aliphatic heterocycles. The van der Waals surface area contributed by atoms with Crippen LogP contribution in [0.3, 0.4) is 0 Å². The quantitative estimate of drug-likeness (QED) is 0.694. The van der Waals surface area contributed by atoms with Gasteiger partial charge >= 0.3 is 0 Å². The molecular weight excluding hydrogens is 256 g/mol. The Balaban J connectivity index is 2.17. The molecule has 0 fully saturated rings. The summed E-state index contributed by atoms with van der Waals surface area (Å²) in [6.07, 6.45) is 0. The number of hydrogen-bond donors (Lipinski definition) is 1. The summed E-state index contributed by atoms with van der Waals surface area (Å²) in [6.45, 7) is 8.44. The first kappa shape index (κ1) is 13.6. The number of aromatic nitrogens is 1. The number of aryl methyl sites for hydroxylation is 4. The molecule has 0 unspecified atom stereocenters. The van der Waals surface area contributed by atoms with E-state index >= 15 is 0 Å². The lowest BCUT2D eigenvalue weighted by Crippen LogP contribution is -1.98. The highest BCUT2D eigenvalue weighted by Crippen LogP contribution is 2.30. The van der Waals surface area contributed by atoms with Crippen LogP contribution in [0.2, 0.25) is 0 Å². The molecule has 0 radical (unpaired) electrons. The van der Waals surface area contributed by atoms with Crippen LogP contribution in [0.25, 0.3) is 10.9 Å². The summed E-state index contributed by atoms with van der Waals surface area (Å²) < 4.78 is 0. The van der Waals surface area contributed by atoms with E-state index in [1.54, 1.807) is 0 Å². The molecule has 0 atom stereocenters. The van der Waals surface area contributed by atoms with Crippen molar-refractivity contribution in [2.24, 2.45) is 0 Å². The molecule has 0 saturated carbocycles. The molecule has 1 N–H and O–H groups in total. The Hall–Kier alpha value is -2.35. The number of para-hydroxylation sites is 2. The van der Waals surface area contributed by atoms with E-state index in [-0.39, 0.29) is 0 Å². The Kier molecular flexibility index (Phi) is 3.38. The van der Waals surface area contributed by atoms with Crippen molar-refractivity contribution >= 4 is 22.3 Å². The van der Waals surface area contributed by atoms with Crippen LogP contribution in [0.4, 0.5) is 11.4 Å². The van der Waals surface area contributed by atoms with Crippen LogP contribution in [0.5, 0.6) is 0 Å². The largest absolute Gasteiger partial charge is 0.353 e. The number of fused-ring (bicyclic) bond motifs is 1. The van der Waals surface area contributed by atoms with E-state index in [2.05, 4.69) is 68.6 Å². The fraction of sp³-hybridized carbons (Fsp3) is 0.211. The van der Waals surface area contributed by atoms with Crippen molar-refractivity contribution < 1.29 is 0 Å². The van der Waals surface area contributed by atoms with Crippen LogP contribution < -0.4 is 5.32 Å². The molecule has 0 aliphatic rings. The predicted octanol–water partition coefficient (Wildman–Crippen LogP) is 5.21. The Morgan fingerprint density at radius 2 is 1.48 bits per heavy atom. The SMILES string of the molecule is Cc1cc(C)c2cccc(Nc3c(C)cccc3C)c2n1. The minimum Gasteiger partial charge on any atom is -0.353 e. The van der Waals surface area contributed by atoms with E-state index in [0.29, 0.717) is 0 Å². The molecule has 3 rings (SSSR count). The van der Waals surface area contributed by atoms with Gasteiger partial charge < -0.3 is 5.32 Å². The van der Waals surface area contributed by atoms with Crippen LogP contribution in [0.15, 0.2) is 42.5 Å². The van der Waals surface area contributed by atoms with E-state index in [9.17, 15) is 0 Å². The molecule has 2 heteroatoms. The standard InChI is InChI=1S/C19H20N2/c1-12-7-5-8-13(2)18(12)21-17-10-6-9-16-14(3)11-15(4)20-19(16)17/h5-11,21H,1-4H3. The highest BCUT2D eigenvalue weighted by Gasteiger charge is 2.08. The van der Waals surface area contributed by atoms with Crippen molar-refractivity contribution in [2.45, 2.75) is 27.7 Å². The lowest BCUT2D eigenvalue weighted by molar-refractivity contribution is 1.23. The molecule has 2 nitrogen and oxygen atoms in total. The second-order valence-electron chi connectivity index (χ2n) is 5.67. The van der Waals surface area contributed by atoms with E-state index in [1.165, 1.54) is 27.8 Å². The normalized spacial score (nSPS) is 10.9. The van der Waals surface area contributed by atoms with Crippen LogP contribution in [-0.4, -0.2) is 4.98 Å². The monoisotopic (exact) mass is 276 g/mol. The Morgan fingerprint density at radius 1 is 0.810 bits per heavy atom. The van der Waals surface area contributed by atoms with Gasteiger partial charge in [-0.15, -0.1) is 0 Å². The summed E-state index contributed by atoms with van der Waals surface area (Å²) in [4.78, 5) is 4.73. The van der Waals surface area contributed by atoms with Gasteiger partial charge in [0.2, 0.25) is 0 Å². The number of hydrogen-bond acceptors (Lipinski definition) is 2. The van der Waals surface area contributed by atoms with Gasteiger partial charge in [0.1, 0.15) is 0 Å². The van der Waals surface area contributed by atoms with Gasteiger partial charge in [0.05, 0.1) is 11.2 Å². The van der Waals surface area contributed by atoms with Gasteiger partial charge in [-0.25, -0.2) is 0 Å². The van der Waals surface area contributed by atoms with Crippen LogP contribution in [0.1, 0.15) is 22.4 Å². The molecule has 0 spiro atoms. The number of anilines is 2. The Labute approximate surface area is 125 Å². The number of nitrogens with zero attached hydrogens (tertiary/aromatic N) is 1. The van der Waals surface area contributed by atoms with Gasteiger partial charge in [-0.2, -0.15) is 0 Å². The van der Waals surface area contributed by atoms with Gasteiger partial charge in [0.15, 0.2) is 0 Å². The highest BCUT2D eigenvalue weighted by atomic mass is 14.9. The van der Waals surface area contributed by atoms with Crippen molar-refractivity contribution in [1.82, 2.24) is 4.98 Å². The van der Waals surface area contributed by atoms with Crippen molar-refractivity contribution in [3.8, 4) is 0 Å². The van der Waals surface area contributed by atoms with E-state index in [1.807, 2.05) is 6.92 Å². The summed E-state index contributed by atoms with van der Waals surface area (Å²) in [6, 6.07) is 14.8. The first-order chi connectivity index (χ1) is 10.1. The molecule has 2 aromatic carbocycles. The molecule has 0 bridgehead atoms. The van der Waals surface area contributed by atoms with E-state index < -0.39 is 0 Å². The minimum absolute atomic E-state index is 1.04. The topological polar surface area (TPSA) is 24.9 Å². The van der Waals surface area contributed by atoms with Crippen molar-refractivity contribution in [1.29, 1.82) is 0 Å². The zero-order valence-corrected chi connectivity index (χ0v) is 13.0. The van der Waals surface area contributed by atoms with Gasteiger partial charge in [-0.1, -0.05) is 30.3 Å². The summed E-state index contributed by atoms with van der Waals surface area (Å²) >= 11 is 0. The number of pyridine rings is 1. The van der Waals surface area contributed by atoms with Gasteiger partial charge in [-0.3, -0.25) is 4.98 Å². The maximum Gasteiger partial charge on any atom is 0.0942 e. The smallest absolute Gasteiger partial charge is 0.0942 e. The second kappa shape index (κ2) is 5.21. The minimum atomic E-state index is 1.04. The lowest BCUT2D eigenvalue weighted by atomic mass is 10.1. The molecule has 1 aromatic heterocycles. The number of benzene rings is 2. The maximum atomic E-state index is 4.73. The van der Waals surface area contributed by atoms with Gasteiger partial charge in [-0.05, 0) is 56.5 Å². The number of rotatable bonds is 2. The lowest BCUT2D eigenvalue weighted by Gasteiger charge is -2.15. The predicted molar refractivity (Wildman–Crippen MR) is 90.4 cm³/mol.